The Kier molecular flexibility index (Phi) is 4.02. The first-order chi connectivity index (χ1) is 8.65. The molecule has 1 aromatic heterocycles. The van der Waals surface area contributed by atoms with Crippen LogP contribution in [0.3, 0.4) is 0 Å². The van der Waals surface area contributed by atoms with Crippen LogP contribution in [0.4, 0.5) is 10.5 Å². The summed E-state index contributed by atoms with van der Waals surface area (Å²) in [5, 5.41) is 3.32. The summed E-state index contributed by atoms with van der Waals surface area (Å²) in [4.78, 5) is 15.4. The molecule has 0 aliphatic heterocycles. The monoisotopic (exact) mass is 282 g/mol. The Labute approximate surface area is 114 Å². The number of nitrogens with zero attached hydrogens (tertiary/aromatic N) is 1. The fraction of sp³-hybridized carbons (Fsp3) is 0. The van der Waals surface area contributed by atoms with Gasteiger partial charge in [0.1, 0.15) is 0 Å². The molecule has 0 unspecified atom stereocenters. The van der Waals surface area contributed by atoms with Crippen molar-refractivity contribution in [3.8, 4) is 5.88 Å². The maximum atomic E-state index is 11.6. The number of hydrogen-bond donors (Lipinski definition) is 1. The summed E-state index contributed by atoms with van der Waals surface area (Å²) in [5.74, 6) is 0.202. The maximum absolute atomic E-state index is 11.6. The van der Waals surface area contributed by atoms with Gasteiger partial charge in [-0.2, -0.15) is 0 Å². The van der Waals surface area contributed by atoms with Crippen molar-refractivity contribution in [3.63, 3.8) is 0 Å². The smallest absolute Gasteiger partial charge is 0.391 e. The number of nitrogens with one attached hydrogen (secondary N) is 1. The molecule has 4 nitrogen and oxygen atoms in total. The van der Waals surface area contributed by atoms with Gasteiger partial charge in [0.05, 0.1) is 10.7 Å². The summed E-state index contributed by atoms with van der Waals surface area (Å²) >= 11 is 11.7. The molecule has 0 aliphatic carbocycles. The van der Waals surface area contributed by atoms with E-state index in [-0.39, 0.29) is 5.88 Å². The number of halogens is 2. The highest BCUT2D eigenvalue weighted by Crippen LogP contribution is 2.25. The molecule has 1 heterocycles. The first kappa shape index (κ1) is 12.7. The lowest BCUT2D eigenvalue weighted by molar-refractivity contribution is 0.213. The van der Waals surface area contributed by atoms with Gasteiger partial charge in [0.25, 0.3) is 0 Å². The van der Waals surface area contributed by atoms with Gasteiger partial charge >= 0.3 is 6.09 Å². The molecule has 0 radical (unpaired) electrons. The van der Waals surface area contributed by atoms with Gasteiger partial charge in [0.2, 0.25) is 5.88 Å². The molecule has 2 aromatic rings. The molecule has 6 heteroatoms. The number of carbonyl (C=O) groups is 1. The quantitative estimate of drug-likeness (QED) is 0.906. The third-order valence-electron chi connectivity index (χ3n) is 2.00. The van der Waals surface area contributed by atoms with Crippen molar-refractivity contribution < 1.29 is 9.53 Å². The minimum absolute atomic E-state index is 0.202. The lowest BCUT2D eigenvalue weighted by Crippen LogP contribution is -2.17. The van der Waals surface area contributed by atoms with Crippen LogP contribution in [-0.4, -0.2) is 11.1 Å². The Balaban J connectivity index is 2.05. The zero-order valence-corrected chi connectivity index (χ0v) is 10.6. The van der Waals surface area contributed by atoms with Gasteiger partial charge in [-0.15, -0.1) is 0 Å². The summed E-state index contributed by atoms with van der Waals surface area (Å²) in [6.45, 7) is 0. The normalized spacial score (nSPS) is 9.89. The van der Waals surface area contributed by atoms with E-state index in [0.717, 1.165) is 0 Å². The van der Waals surface area contributed by atoms with Crippen LogP contribution in [0.15, 0.2) is 42.6 Å². The third kappa shape index (κ3) is 3.35. The summed E-state index contributed by atoms with van der Waals surface area (Å²) in [5.41, 5.74) is 0.380. The van der Waals surface area contributed by atoms with Crippen molar-refractivity contribution >= 4 is 35.0 Å². The lowest BCUT2D eigenvalue weighted by Gasteiger charge is -2.07. The van der Waals surface area contributed by atoms with Gasteiger partial charge in [0, 0.05) is 17.3 Å². The van der Waals surface area contributed by atoms with Crippen LogP contribution in [0, 0.1) is 0 Å². The summed E-state index contributed by atoms with van der Waals surface area (Å²) in [6.07, 6.45) is 0.840. The number of amides is 1. The molecular weight excluding hydrogens is 275 g/mol. The topological polar surface area (TPSA) is 51.2 Å². The molecule has 0 bridgehead atoms. The molecule has 18 heavy (non-hydrogen) atoms. The van der Waals surface area contributed by atoms with E-state index < -0.39 is 6.09 Å². The van der Waals surface area contributed by atoms with Gasteiger partial charge in [-0.25, -0.2) is 9.78 Å². The van der Waals surface area contributed by atoms with Crippen LogP contribution >= 0.6 is 23.2 Å². The number of ether oxygens (including phenoxy) is 1. The van der Waals surface area contributed by atoms with E-state index in [1.165, 1.54) is 12.3 Å². The fourth-order valence-electron chi connectivity index (χ4n) is 1.23. The zero-order chi connectivity index (χ0) is 13.0. The van der Waals surface area contributed by atoms with Gasteiger partial charge in [0.15, 0.2) is 0 Å². The van der Waals surface area contributed by atoms with Crippen molar-refractivity contribution in [2.24, 2.45) is 0 Å². The summed E-state index contributed by atoms with van der Waals surface area (Å²) in [7, 11) is 0. The van der Waals surface area contributed by atoms with Crippen LogP contribution in [0.1, 0.15) is 0 Å². The molecule has 0 saturated heterocycles. The molecule has 0 fully saturated rings. The third-order valence-corrected chi connectivity index (χ3v) is 2.56. The van der Waals surface area contributed by atoms with Gasteiger partial charge in [-0.1, -0.05) is 29.3 Å². The van der Waals surface area contributed by atoms with Crippen molar-refractivity contribution in [1.82, 2.24) is 4.98 Å². The number of carbonyl (C=O) groups excluding carboxylic acids is 1. The van der Waals surface area contributed by atoms with Crippen LogP contribution in [0.25, 0.3) is 0 Å². The largest absolute Gasteiger partial charge is 0.418 e. The highest BCUT2D eigenvalue weighted by atomic mass is 35.5. The first-order valence-corrected chi connectivity index (χ1v) is 5.75. The minimum atomic E-state index is -0.683. The molecule has 0 aliphatic rings. The van der Waals surface area contributed by atoms with E-state index in [1.807, 2.05) is 0 Å². The molecular formula is C12H8Cl2N2O2. The molecule has 0 saturated carbocycles. The van der Waals surface area contributed by atoms with Crippen molar-refractivity contribution in [2.45, 2.75) is 0 Å². The van der Waals surface area contributed by atoms with Gasteiger partial charge < -0.3 is 4.74 Å². The molecule has 2 rings (SSSR count). The second-order valence-electron chi connectivity index (χ2n) is 3.31. The van der Waals surface area contributed by atoms with Crippen LogP contribution in [0.5, 0.6) is 5.88 Å². The Morgan fingerprint density at radius 2 is 2.06 bits per heavy atom. The van der Waals surface area contributed by atoms with Gasteiger partial charge in [-0.3, -0.25) is 5.32 Å². The molecule has 0 spiro atoms. The molecule has 92 valence electrons. The zero-order valence-electron chi connectivity index (χ0n) is 9.06. The number of hydrogen-bond acceptors (Lipinski definition) is 3. The van der Waals surface area contributed by atoms with Crippen LogP contribution in [-0.2, 0) is 0 Å². The summed E-state index contributed by atoms with van der Waals surface area (Å²) < 4.78 is 4.95. The number of pyridine rings is 1. The van der Waals surface area contributed by atoms with E-state index in [2.05, 4.69) is 10.3 Å². The Bertz CT molecular complexity index is 561. The predicted molar refractivity (Wildman–Crippen MR) is 70.3 cm³/mol. The Hall–Kier alpha value is -1.78. The van der Waals surface area contributed by atoms with Crippen molar-refractivity contribution in [3.05, 3.63) is 52.6 Å². The Morgan fingerprint density at radius 1 is 1.22 bits per heavy atom. The average Bonchev–Trinajstić information content (AvgIpc) is 2.35. The van der Waals surface area contributed by atoms with E-state index in [4.69, 9.17) is 27.9 Å². The molecule has 1 N–H and O–H groups in total. The standard InChI is InChI=1S/C12H8Cl2N2O2/c13-8-4-5-9(14)10(7-8)16-12(17)18-11-3-1-2-6-15-11/h1-7H,(H,16,17). The second-order valence-corrected chi connectivity index (χ2v) is 4.15. The van der Waals surface area contributed by atoms with E-state index in [9.17, 15) is 4.79 Å². The number of aromatic nitrogens is 1. The summed E-state index contributed by atoms with van der Waals surface area (Å²) in [6, 6.07) is 9.74. The predicted octanol–water partition coefficient (Wildman–Crippen LogP) is 4.00. The first-order valence-electron chi connectivity index (χ1n) is 5.00. The number of anilines is 1. The number of rotatable bonds is 2. The second kappa shape index (κ2) is 5.71. The average molecular weight is 283 g/mol. The van der Waals surface area contributed by atoms with Crippen LogP contribution in [0.2, 0.25) is 10.0 Å². The molecule has 1 amide bonds. The van der Waals surface area contributed by atoms with Crippen molar-refractivity contribution in [2.75, 3.05) is 5.32 Å². The molecule has 0 atom stereocenters. The Morgan fingerprint density at radius 3 is 2.78 bits per heavy atom. The van der Waals surface area contributed by atoms with E-state index in [1.54, 1.807) is 30.3 Å². The van der Waals surface area contributed by atoms with E-state index in [0.29, 0.717) is 15.7 Å². The highest BCUT2D eigenvalue weighted by molar-refractivity contribution is 6.35. The fourth-order valence-corrected chi connectivity index (χ4v) is 1.57. The number of benzene rings is 1. The maximum Gasteiger partial charge on any atom is 0.418 e. The SMILES string of the molecule is O=C(Nc1cc(Cl)ccc1Cl)Oc1ccccn1. The van der Waals surface area contributed by atoms with Crippen LogP contribution < -0.4 is 10.1 Å². The highest BCUT2D eigenvalue weighted by Gasteiger charge is 2.08. The van der Waals surface area contributed by atoms with E-state index >= 15 is 0 Å². The minimum Gasteiger partial charge on any atom is -0.391 e. The lowest BCUT2D eigenvalue weighted by atomic mass is 10.3. The molecule has 1 aromatic carbocycles. The van der Waals surface area contributed by atoms with Gasteiger partial charge in [-0.05, 0) is 24.3 Å². The van der Waals surface area contributed by atoms with Crippen molar-refractivity contribution in [1.29, 1.82) is 0 Å².